The standard InChI is InChI=1S/C23H23N5O2/c1-16-8-12-28(13-9-16)22-21(26-19-4-2-3-5-20(19)27-22)18(14-24)23(29)30-15-17-6-10-25-11-7-17/h2-7,10-11,16,18H,8-9,12-13,15H2,1H3. The summed E-state index contributed by atoms with van der Waals surface area (Å²) < 4.78 is 5.43. The van der Waals surface area contributed by atoms with Crippen molar-refractivity contribution in [2.45, 2.75) is 32.3 Å². The molecule has 0 aliphatic carbocycles. The number of esters is 1. The second-order valence-electron chi connectivity index (χ2n) is 7.62. The number of nitrogens with zero attached hydrogens (tertiary/aromatic N) is 5. The van der Waals surface area contributed by atoms with E-state index in [0.29, 0.717) is 22.9 Å². The van der Waals surface area contributed by atoms with Gasteiger partial charge >= 0.3 is 5.97 Å². The predicted molar refractivity (Wildman–Crippen MR) is 113 cm³/mol. The number of rotatable bonds is 5. The molecule has 1 unspecified atom stereocenters. The third-order valence-electron chi connectivity index (χ3n) is 5.43. The van der Waals surface area contributed by atoms with Gasteiger partial charge in [-0.3, -0.25) is 9.78 Å². The first-order valence-electron chi connectivity index (χ1n) is 10.1. The number of nitriles is 1. The molecule has 0 amide bonds. The van der Waals surface area contributed by atoms with Crippen LogP contribution in [0.2, 0.25) is 0 Å². The summed E-state index contributed by atoms with van der Waals surface area (Å²) in [7, 11) is 0. The molecule has 1 aromatic carbocycles. The van der Waals surface area contributed by atoms with Crippen LogP contribution in [-0.2, 0) is 16.1 Å². The molecule has 152 valence electrons. The fourth-order valence-electron chi connectivity index (χ4n) is 3.59. The molecule has 1 atom stereocenters. The maximum atomic E-state index is 12.8. The molecule has 7 heteroatoms. The van der Waals surface area contributed by atoms with Gasteiger partial charge in [-0.1, -0.05) is 19.1 Å². The van der Waals surface area contributed by atoms with Crippen molar-refractivity contribution in [3.63, 3.8) is 0 Å². The molecular weight excluding hydrogens is 378 g/mol. The van der Waals surface area contributed by atoms with Gasteiger partial charge in [-0.05, 0) is 48.6 Å². The summed E-state index contributed by atoms with van der Waals surface area (Å²) in [6.07, 6.45) is 5.35. The maximum absolute atomic E-state index is 12.8. The van der Waals surface area contributed by atoms with Gasteiger partial charge in [0.05, 0.1) is 17.1 Å². The Balaban J connectivity index is 1.66. The molecule has 1 aliphatic heterocycles. The molecule has 0 spiro atoms. The summed E-state index contributed by atoms with van der Waals surface area (Å²) in [6, 6.07) is 13.1. The van der Waals surface area contributed by atoms with Gasteiger partial charge in [0.25, 0.3) is 0 Å². The average Bonchev–Trinajstić information content (AvgIpc) is 2.79. The summed E-state index contributed by atoms with van der Waals surface area (Å²) in [5.41, 5.74) is 2.58. The molecule has 1 fully saturated rings. The van der Waals surface area contributed by atoms with Crippen molar-refractivity contribution in [3.8, 4) is 6.07 Å². The van der Waals surface area contributed by atoms with Crippen LogP contribution in [0.25, 0.3) is 11.0 Å². The van der Waals surface area contributed by atoms with E-state index in [1.165, 1.54) is 0 Å². The van der Waals surface area contributed by atoms with Crippen molar-refractivity contribution < 1.29 is 9.53 Å². The number of benzene rings is 1. The van der Waals surface area contributed by atoms with Crippen LogP contribution < -0.4 is 4.90 Å². The Labute approximate surface area is 175 Å². The fourth-order valence-corrected chi connectivity index (χ4v) is 3.59. The molecule has 1 saturated heterocycles. The Kier molecular flexibility index (Phi) is 5.84. The van der Waals surface area contributed by atoms with Crippen molar-refractivity contribution in [1.82, 2.24) is 15.0 Å². The Bertz CT molecular complexity index is 1070. The number of aromatic nitrogens is 3. The first kappa shape index (κ1) is 19.8. The maximum Gasteiger partial charge on any atom is 0.330 e. The summed E-state index contributed by atoms with van der Waals surface area (Å²) in [5, 5.41) is 9.84. The van der Waals surface area contributed by atoms with Crippen molar-refractivity contribution in [2.24, 2.45) is 5.92 Å². The molecule has 0 radical (unpaired) electrons. The van der Waals surface area contributed by atoms with Crippen molar-refractivity contribution >= 4 is 22.8 Å². The highest BCUT2D eigenvalue weighted by Crippen LogP contribution is 2.30. The van der Waals surface area contributed by atoms with Gasteiger partial charge in [0.2, 0.25) is 0 Å². The zero-order valence-electron chi connectivity index (χ0n) is 16.9. The van der Waals surface area contributed by atoms with E-state index < -0.39 is 11.9 Å². The van der Waals surface area contributed by atoms with E-state index in [9.17, 15) is 10.1 Å². The number of fused-ring (bicyclic) bond motifs is 1. The minimum Gasteiger partial charge on any atom is -0.460 e. The second kappa shape index (κ2) is 8.87. The normalized spacial score (nSPS) is 15.5. The first-order valence-corrected chi connectivity index (χ1v) is 10.1. The summed E-state index contributed by atoms with van der Waals surface area (Å²) in [5.74, 6) is -0.507. The Morgan fingerprint density at radius 3 is 2.50 bits per heavy atom. The van der Waals surface area contributed by atoms with E-state index in [2.05, 4.69) is 27.9 Å². The number of para-hydroxylation sites is 2. The van der Waals surface area contributed by atoms with Crippen LogP contribution in [0.1, 0.15) is 36.9 Å². The van der Waals surface area contributed by atoms with E-state index in [1.54, 1.807) is 24.5 Å². The molecule has 0 saturated carbocycles. The van der Waals surface area contributed by atoms with E-state index >= 15 is 0 Å². The van der Waals surface area contributed by atoms with Gasteiger partial charge in [-0.2, -0.15) is 5.26 Å². The highest BCUT2D eigenvalue weighted by molar-refractivity contribution is 5.85. The number of anilines is 1. The number of hydrogen-bond acceptors (Lipinski definition) is 7. The molecule has 0 bridgehead atoms. The molecule has 1 aliphatic rings. The van der Waals surface area contributed by atoms with Crippen LogP contribution in [-0.4, -0.2) is 34.0 Å². The lowest BCUT2D eigenvalue weighted by atomic mass is 9.98. The predicted octanol–water partition coefficient (Wildman–Crippen LogP) is 3.61. The van der Waals surface area contributed by atoms with Gasteiger partial charge in [-0.15, -0.1) is 0 Å². The van der Waals surface area contributed by atoms with E-state index in [-0.39, 0.29) is 6.61 Å². The summed E-state index contributed by atoms with van der Waals surface area (Å²) in [6.45, 7) is 3.97. The zero-order valence-corrected chi connectivity index (χ0v) is 16.9. The number of carbonyl (C=O) groups excluding carboxylic acids is 1. The van der Waals surface area contributed by atoms with Gasteiger partial charge < -0.3 is 9.64 Å². The lowest BCUT2D eigenvalue weighted by Crippen LogP contribution is -2.35. The largest absolute Gasteiger partial charge is 0.460 e. The lowest BCUT2D eigenvalue weighted by molar-refractivity contribution is -0.145. The Morgan fingerprint density at radius 1 is 1.17 bits per heavy atom. The topological polar surface area (TPSA) is 92.0 Å². The van der Waals surface area contributed by atoms with Crippen LogP contribution in [0, 0.1) is 17.2 Å². The molecular formula is C23H23N5O2. The second-order valence-corrected chi connectivity index (χ2v) is 7.62. The molecule has 4 rings (SSSR count). The van der Waals surface area contributed by atoms with E-state index in [4.69, 9.17) is 9.72 Å². The molecule has 0 N–H and O–H groups in total. The van der Waals surface area contributed by atoms with Crippen molar-refractivity contribution in [3.05, 3.63) is 60.0 Å². The average molecular weight is 401 g/mol. The number of hydrogen-bond donors (Lipinski definition) is 0. The number of piperidine rings is 1. The van der Waals surface area contributed by atoms with Crippen LogP contribution >= 0.6 is 0 Å². The van der Waals surface area contributed by atoms with Crippen LogP contribution in [0.15, 0.2) is 48.8 Å². The molecule has 7 nitrogen and oxygen atoms in total. The first-order chi connectivity index (χ1) is 14.7. The SMILES string of the molecule is CC1CCN(c2nc3ccccc3nc2C(C#N)C(=O)OCc2ccncc2)CC1. The lowest BCUT2D eigenvalue weighted by Gasteiger charge is -2.32. The third-order valence-corrected chi connectivity index (χ3v) is 5.43. The molecule has 30 heavy (non-hydrogen) atoms. The molecule has 3 aromatic rings. The quantitative estimate of drug-likeness (QED) is 0.603. The van der Waals surface area contributed by atoms with Gasteiger partial charge in [0.1, 0.15) is 12.3 Å². The number of ether oxygens (including phenoxy) is 1. The monoisotopic (exact) mass is 401 g/mol. The van der Waals surface area contributed by atoms with Gasteiger partial charge in [-0.25, -0.2) is 9.97 Å². The number of carbonyl (C=O) groups is 1. The highest BCUT2D eigenvalue weighted by atomic mass is 16.5. The highest BCUT2D eigenvalue weighted by Gasteiger charge is 2.31. The van der Waals surface area contributed by atoms with E-state index in [0.717, 1.165) is 37.0 Å². The summed E-state index contributed by atoms with van der Waals surface area (Å²) >= 11 is 0. The van der Waals surface area contributed by atoms with Crippen LogP contribution in [0.4, 0.5) is 5.82 Å². The Hall–Kier alpha value is -3.53. The summed E-state index contributed by atoms with van der Waals surface area (Å²) in [4.78, 5) is 28.4. The van der Waals surface area contributed by atoms with Gasteiger partial charge in [0.15, 0.2) is 11.7 Å². The molecule has 3 heterocycles. The fraction of sp³-hybridized carbons (Fsp3) is 0.348. The van der Waals surface area contributed by atoms with Crippen molar-refractivity contribution in [1.29, 1.82) is 5.26 Å². The smallest absolute Gasteiger partial charge is 0.330 e. The van der Waals surface area contributed by atoms with E-state index in [1.807, 2.05) is 24.3 Å². The molecule has 2 aromatic heterocycles. The minimum absolute atomic E-state index is 0.0805. The van der Waals surface area contributed by atoms with Crippen LogP contribution in [0.5, 0.6) is 0 Å². The minimum atomic E-state index is -1.14. The zero-order chi connectivity index (χ0) is 20.9. The number of pyridine rings is 1. The Morgan fingerprint density at radius 2 is 1.83 bits per heavy atom. The van der Waals surface area contributed by atoms with Crippen LogP contribution in [0.3, 0.4) is 0 Å². The van der Waals surface area contributed by atoms with Crippen molar-refractivity contribution in [2.75, 3.05) is 18.0 Å². The third kappa shape index (κ3) is 4.23. The van der Waals surface area contributed by atoms with Gasteiger partial charge in [0, 0.05) is 25.5 Å².